The van der Waals surface area contributed by atoms with Crippen LogP contribution in [0.2, 0.25) is 0 Å². The van der Waals surface area contributed by atoms with E-state index < -0.39 is 5.24 Å². The zero-order valence-electron chi connectivity index (χ0n) is 10.7. The summed E-state index contributed by atoms with van der Waals surface area (Å²) in [6, 6.07) is 10.9. The maximum Gasteiger partial charge on any atom is 0.252 e. The first-order valence-electron chi connectivity index (χ1n) is 5.86. The van der Waals surface area contributed by atoms with Gasteiger partial charge in [-0.1, -0.05) is 18.2 Å². The van der Waals surface area contributed by atoms with E-state index in [0.717, 1.165) is 0 Å². The molecule has 0 radical (unpaired) electrons. The number of hydrogen-bond donors (Lipinski definition) is 0. The second kappa shape index (κ2) is 6.39. The Morgan fingerprint density at radius 1 is 1.20 bits per heavy atom. The standard InChI is InChI=1S/C15H12ClFO3/c1-19-13-7-6-10(15(16)18)8-14(13)20-9-11-4-2-3-5-12(11)17/h2-8H,9H2,1H3. The van der Waals surface area contributed by atoms with Crippen LogP contribution in [0.4, 0.5) is 4.39 Å². The minimum absolute atomic E-state index is 0.0307. The molecule has 2 aromatic carbocycles. The summed E-state index contributed by atoms with van der Waals surface area (Å²) in [7, 11) is 1.48. The maximum absolute atomic E-state index is 13.5. The van der Waals surface area contributed by atoms with E-state index in [-0.39, 0.29) is 18.0 Å². The van der Waals surface area contributed by atoms with Crippen molar-refractivity contribution in [3.63, 3.8) is 0 Å². The lowest BCUT2D eigenvalue weighted by Gasteiger charge is -2.11. The van der Waals surface area contributed by atoms with Gasteiger partial charge in [0.25, 0.3) is 5.24 Å². The summed E-state index contributed by atoms with van der Waals surface area (Å²) >= 11 is 5.42. The summed E-state index contributed by atoms with van der Waals surface area (Å²) in [4.78, 5) is 11.1. The van der Waals surface area contributed by atoms with Crippen molar-refractivity contribution in [1.29, 1.82) is 0 Å². The number of carbonyl (C=O) groups excluding carboxylic acids is 1. The Labute approximate surface area is 120 Å². The van der Waals surface area contributed by atoms with Crippen LogP contribution in [-0.4, -0.2) is 12.4 Å². The molecule has 0 aromatic heterocycles. The largest absolute Gasteiger partial charge is 0.493 e. The van der Waals surface area contributed by atoms with Crippen molar-refractivity contribution in [2.24, 2.45) is 0 Å². The van der Waals surface area contributed by atoms with Gasteiger partial charge in [0.2, 0.25) is 0 Å². The van der Waals surface area contributed by atoms with Crippen LogP contribution in [0.1, 0.15) is 15.9 Å². The van der Waals surface area contributed by atoms with Crippen LogP contribution >= 0.6 is 11.6 Å². The van der Waals surface area contributed by atoms with Crippen molar-refractivity contribution in [2.75, 3.05) is 7.11 Å². The first kappa shape index (κ1) is 14.3. The third-order valence-electron chi connectivity index (χ3n) is 2.73. The number of rotatable bonds is 5. The van der Waals surface area contributed by atoms with Gasteiger partial charge in [-0.3, -0.25) is 4.79 Å². The van der Waals surface area contributed by atoms with Gasteiger partial charge in [-0.2, -0.15) is 0 Å². The molecule has 0 amide bonds. The summed E-state index contributed by atoms with van der Waals surface area (Å²) < 4.78 is 24.1. The summed E-state index contributed by atoms with van der Waals surface area (Å²) in [6.07, 6.45) is 0. The summed E-state index contributed by atoms with van der Waals surface area (Å²) in [5, 5.41) is -0.594. The minimum atomic E-state index is -0.594. The molecule has 5 heteroatoms. The highest BCUT2D eigenvalue weighted by atomic mass is 35.5. The smallest absolute Gasteiger partial charge is 0.252 e. The molecule has 0 saturated carbocycles. The summed E-state index contributed by atoms with van der Waals surface area (Å²) in [5.41, 5.74) is 0.702. The Morgan fingerprint density at radius 3 is 2.60 bits per heavy atom. The SMILES string of the molecule is COc1ccc(C(=O)Cl)cc1OCc1ccccc1F. The molecule has 104 valence electrons. The fraction of sp³-hybridized carbons (Fsp3) is 0.133. The van der Waals surface area contributed by atoms with Gasteiger partial charge < -0.3 is 9.47 Å². The van der Waals surface area contributed by atoms with Crippen molar-refractivity contribution in [3.05, 3.63) is 59.4 Å². The van der Waals surface area contributed by atoms with Crippen LogP contribution < -0.4 is 9.47 Å². The Morgan fingerprint density at radius 2 is 1.95 bits per heavy atom. The lowest BCUT2D eigenvalue weighted by atomic mass is 10.2. The molecule has 20 heavy (non-hydrogen) atoms. The zero-order valence-corrected chi connectivity index (χ0v) is 11.5. The molecule has 0 aliphatic heterocycles. The van der Waals surface area contributed by atoms with Gasteiger partial charge in [0, 0.05) is 11.1 Å². The quantitative estimate of drug-likeness (QED) is 0.787. The molecule has 0 bridgehead atoms. The van der Waals surface area contributed by atoms with Crippen molar-refractivity contribution in [1.82, 2.24) is 0 Å². The van der Waals surface area contributed by atoms with Crippen molar-refractivity contribution >= 4 is 16.8 Å². The van der Waals surface area contributed by atoms with Crippen molar-refractivity contribution in [3.8, 4) is 11.5 Å². The second-order valence-corrected chi connectivity index (χ2v) is 4.36. The van der Waals surface area contributed by atoms with E-state index in [1.165, 1.54) is 25.3 Å². The molecule has 0 N–H and O–H groups in total. The third-order valence-corrected chi connectivity index (χ3v) is 2.95. The lowest BCUT2D eigenvalue weighted by molar-refractivity contribution is 0.108. The molecule has 0 atom stereocenters. The highest BCUT2D eigenvalue weighted by Gasteiger charge is 2.10. The molecule has 0 heterocycles. The van der Waals surface area contributed by atoms with E-state index in [9.17, 15) is 9.18 Å². The first-order valence-corrected chi connectivity index (χ1v) is 6.23. The van der Waals surface area contributed by atoms with Crippen LogP contribution in [0.25, 0.3) is 0 Å². The normalized spacial score (nSPS) is 10.2. The van der Waals surface area contributed by atoms with E-state index in [1.807, 2.05) is 0 Å². The zero-order chi connectivity index (χ0) is 14.5. The molecule has 0 spiro atoms. The topological polar surface area (TPSA) is 35.5 Å². The van der Waals surface area contributed by atoms with Crippen LogP contribution in [-0.2, 0) is 6.61 Å². The number of ether oxygens (including phenoxy) is 2. The number of carbonyl (C=O) groups is 1. The highest BCUT2D eigenvalue weighted by Crippen LogP contribution is 2.29. The highest BCUT2D eigenvalue weighted by molar-refractivity contribution is 6.67. The van der Waals surface area contributed by atoms with Gasteiger partial charge in [0.15, 0.2) is 11.5 Å². The Hall–Kier alpha value is -2.07. The molecule has 2 rings (SSSR count). The number of methoxy groups -OCH3 is 1. The summed E-state index contributed by atoms with van der Waals surface area (Å²) in [5.74, 6) is 0.432. The Bertz CT molecular complexity index is 628. The van der Waals surface area contributed by atoms with Gasteiger partial charge in [-0.25, -0.2) is 4.39 Å². The number of halogens is 2. The van der Waals surface area contributed by atoms with Gasteiger partial charge in [0.05, 0.1) is 7.11 Å². The molecule has 0 saturated heterocycles. The average Bonchev–Trinajstić information content (AvgIpc) is 2.46. The Balaban J connectivity index is 2.22. The number of benzene rings is 2. The van der Waals surface area contributed by atoms with Crippen LogP contribution in [0.15, 0.2) is 42.5 Å². The number of hydrogen-bond acceptors (Lipinski definition) is 3. The maximum atomic E-state index is 13.5. The van der Waals surface area contributed by atoms with Crippen LogP contribution in [0.5, 0.6) is 11.5 Å². The van der Waals surface area contributed by atoms with Crippen molar-refractivity contribution < 1.29 is 18.7 Å². The molecule has 0 unspecified atom stereocenters. The van der Waals surface area contributed by atoms with Gasteiger partial charge in [0.1, 0.15) is 12.4 Å². The fourth-order valence-electron chi connectivity index (χ4n) is 1.68. The molecule has 0 aliphatic rings. The monoisotopic (exact) mass is 294 g/mol. The molecule has 3 nitrogen and oxygen atoms in total. The fourth-order valence-corrected chi connectivity index (χ4v) is 1.80. The Kier molecular flexibility index (Phi) is 4.58. The van der Waals surface area contributed by atoms with Gasteiger partial charge in [-0.05, 0) is 35.9 Å². The van der Waals surface area contributed by atoms with E-state index in [2.05, 4.69) is 0 Å². The van der Waals surface area contributed by atoms with Crippen LogP contribution in [0.3, 0.4) is 0 Å². The second-order valence-electron chi connectivity index (χ2n) is 4.02. The van der Waals surface area contributed by atoms with Crippen LogP contribution in [0, 0.1) is 5.82 Å². The molecule has 0 aliphatic carbocycles. The molecule has 0 fully saturated rings. The average molecular weight is 295 g/mol. The van der Waals surface area contributed by atoms with E-state index >= 15 is 0 Å². The van der Waals surface area contributed by atoms with E-state index in [1.54, 1.807) is 24.3 Å². The summed E-state index contributed by atoms with van der Waals surface area (Å²) in [6.45, 7) is 0.0307. The predicted molar refractivity (Wildman–Crippen MR) is 73.9 cm³/mol. The van der Waals surface area contributed by atoms with Gasteiger partial charge >= 0.3 is 0 Å². The predicted octanol–water partition coefficient (Wildman–Crippen LogP) is 3.79. The van der Waals surface area contributed by atoms with E-state index in [4.69, 9.17) is 21.1 Å². The van der Waals surface area contributed by atoms with Crippen molar-refractivity contribution in [2.45, 2.75) is 6.61 Å². The molecule has 2 aromatic rings. The molecular weight excluding hydrogens is 283 g/mol. The minimum Gasteiger partial charge on any atom is -0.493 e. The first-order chi connectivity index (χ1) is 9.61. The third kappa shape index (κ3) is 3.27. The lowest BCUT2D eigenvalue weighted by Crippen LogP contribution is -2.01. The van der Waals surface area contributed by atoms with E-state index in [0.29, 0.717) is 17.1 Å². The molecular formula is C15H12ClFO3. The van der Waals surface area contributed by atoms with Gasteiger partial charge in [-0.15, -0.1) is 0 Å².